The smallest absolute Gasteiger partial charge is 0.242 e. The molecule has 0 aliphatic heterocycles. The predicted molar refractivity (Wildman–Crippen MR) is 109 cm³/mol. The van der Waals surface area contributed by atoms with Crippen molar-refractivity contribution in [2.45, 2.75) is 46.7 Å². The molecular weight excluding hydrogens is 355 g/mol. The third-order valence-electron chi connectivity index (χ3n) is 4.62. The number of hydrogen-bond acceptors (Lipinski definition) is 2. The van der Waals surface area contributed by atoms with E-state index in [0.717, 1.165) is 11.1 Å². The van der Waals surface area contributed by atoms with E-state index in [0.29, 0.717) is 24.6 Å². The van der Waals surface area contributed by atoms with Crippen LogP contribution in [0.1, 0.15) is 37.5 Å². The van der Waals surface area contributed by atoms with Gasteiger partial charge in [-0.3, -0.25) is 9.59 Å². The first-order valence-corrected chi connectivity index (χ1v) is 9.64. The lowest BCUT2D eigenvalue weighted by Gasteiger charge is -2.29. The van der Waals surface area contributed by atoms with Crippen LogP contribution in [0.4, 0.5) is 4.39 Å². The molecule has 4 nitrogen and oxygen atoms in total. The van der Waals surface area contributed by atoms with E-state index in [1.807, 2.05) is 45.0 Å². The number of carbonyl (C=O) groups excluding carboxylic acids is 2. The molecule has 2 aromatic rings. The predicted octanol–water partition coefficient (Wildman–Crippen LogP) is 3.87. The van der Waals surface area contributed by atoms with Crippen LogP contribution < -0.4 is 5.32 Å². The molecule has 150 valence electrons. The van der Waals surface area contributed by atoms with Crippen LogP contribution in [0, 0.1) is 18.7 Å². The van der Waals surface area contributed by atoms with Crippen molar-refractivity contribution in [2.75, 3.05) is 6.54 Å². The fourth-order valence-corrected chi connectivity index (χ4v) is 2.83. The van der Waals surface area contributed by atoms with Crippen LogP contribution in [0.25, 0.3) is 0 Å². The Bertz CT molecular complexity index is 803. The zero-order chi connectivity index (χ0) is 20.7. The van der Waals surface area contributed by atoms with Crippen LogP contribution in [0.3, 0.4) is 0 Å². The summed E-state index contributed by atoms with van der Waals surface area (Å²) in [5, 5.41) is 2.88. The van der Waals surface area contributed by atoms with Gasteiger partial charge in [-0.05, 0) is 37.0 Å². The molecule has 0 unspecified atom stereocenters. The first kappa shape index (κ1) is 21.6. The molecule has 0 bridgehead atoms. The Labute approximate surface area is 166 Å². The van der Waals surface area contributed by atoms with Crippen molar-refractivity contribution in [3.8, 4) is 0 Å². The normalized spacial score (nSPS) is 11.9. The van der Waals surface area contributed by atoms with Gasteiger partial charge in [0.05, 0.1) is 6.42 Å². The highest BCUT2D eigenvalue weighted by molar-refractivity contribution is 5.88. The summed E-state index contributed by atoms with van der Waals surface area (Å²) < 4.78 is 14.0. The summed E-state index contributed by atoms with van der Waals surface area (Å²) in [4.78, 5) is 27.1. The summed E-state index contributed by atoms with van der Waals surface area (Å²) >= 11 is 0. The maximum absolute atomic E-state index is 14.0. The van der Waals surface area contributed by atoms with Crippen LogP contribution in [0.15, 0.2) is 48.5 Å². The minimum absolute atomic E-state index is 0.0830. The molecule has 0 fully saturated rings. The molecular formula is C23H29FN2O2. The minimum Gasteiger partial charge on any atom is -0.354 e. The highest BCUT2D eigenvalue weighted by atomic mass is 19.1. The van der Waals surface area contributed by atoms with Crippen molar-refractivity contribution in [1.29, 1.82) is 0 Å². The van der Waals surface area contributed by atoms with E-state index in [1.165, 1.54) is 11.0 Å². The molecule has 0 spiro atoms. The van der Waals surface area contributed by atoms with Crippen molar-refractivity contribution in [3.05, 3.63) is 71.0 Å². The quantitative estimate of drug-likeness (QED) is 0.751. The van der Waals surface area contributed by atoms with Crippen molar-refractivity contribution < 1.29 is 14.0 Å². The number of nitrogens with zero attached hydrogens (tertiary/aromatic N) is 1. The van der Waals surface area contributed by atoms with Gasteiger partial charge in [0.2, 0.25) is 11.8 Å². The molecule has 0 aliphatic carbocycles. The van der Waals surface area contributed by atoms with E-state index < -0.39 is 11.9 Å². The fraction of sp³-hybridized carbons (Fsp3) is 0.391. The zero-order valence-corrected chi connectivity index (χ0v) is 17.0. The Kier molecular flexibility index (Phi) is 7.73. The molecule has 0 aliphatic rings. The Morgan fingerprint density at radius 1 is 1.04 bits per heavy atom. The van der Waals surface area contributed by atoms with Gasteiger partial charge in [0.15, 0.2) is 0 Å². The molecule has 0 saturated heterocycles. The SMILES string of the molecule is Cc1ccc(CN(C(=O)Cc2ccccc2F)[C@H](C)C(=O)NCC(C)C)cc1. The highest BCUT2D eigenvalue weighted by Gasteiger charge is 2.26. The molecule has 0 saturated carbocycles. The van der Waals surface area contributed by atoms with Crippen LogP contribution in [0.5, 0.6) is 0 Å². The van der Waals surface area contributed by atoms with Gasteiger partial charge >= 0.3 is 0 Å². The second-order valence-electron chi connectivity index (χ2n) is 7.59. The van der Waals surface area contributed by atoms with Crippen molar-refractivity contribution in [3.63, 3.8) is 0 Å². The third-order valence-corrected chi connectivity index (χ3v) is 4.62. The number of nitrogens with one attached hydrogen (secondary N) is 1. The van der Waals surface area contributed by atoms with Crippen LogP contribution in [-0.4, -0.2) is 29.3 Å². The largest absolute Gasteiger partial charge is 0.354 e. The van der Waals surface area contributed by atoms with E-state index in [9.17, 15) is 14.0 Å². The first-order chi connectivity index (χ1) is 13.3. The number of rotatable bonds is 8. The van der Waals surface area contributed by atoms with E-state index in [1.54, 1.807) is 25.1 Å². The van der Waals surface area contributed by atoms with Crippen molar-refractivity contribution >= 4 is 11.8 Å². The Balaban J connectivity index is 2.21. The lowest BCUT2D eigenvalue weighted by Crippen LogP contribution is -2.48. The summed E-state index contributed by atoms with van der Waals surface area (Å²) in [6.07, 6.45) is -0.0830. The number of halogens is 1. The molecule has 5 heteroatoms. The number of carbonyl (C=O) groups is 2. The van der Waals surface area contributed by atoms with Gasteiger partial charge in [0.25, 0.3) is 0 Å². The van der Waals surface area contributed by atoms with Crippen molar-refractivity contribution in [1.82, 2.24) is 10.2 Å². The van der Waals surface area contributed by atoms with Crippen LogP contribution in [-0.2, 0) is 22.6 Å². The molecule has 1 atom stereocenters. The van der Waals surface area contributed by atoms with Gasteiger partial charge in [0, 0.05) is 13.1 Å². The molecule has 2 amide bonds. The monoisotopic (exact) mass is 384 g/mol. The maximum atomic E-state index is 14.0. The van der Waals surface area contributed by atoms with Crippen molar-refractivity contribution in [2.24, 2.45) is 5.92 Å². The highest BCUT2D eigenvalue weighted by Crippen LogP contribution is 2.15. The summed E-state index contributed by atoms with van der Waals surface area (Å²) in [6.45, 7) is 8.57. The maximum Gasteiger partial charge on any atom is 0.242 e. The Morgan fingerprint density at radius 3 is 2.29 bits per heavy atom. The average molecular weight is 384 g/mol. The van der Waals surface area contributed by atoms with E-state index in [-0.39, 0.29) is 18.2 Å². The summed E-state index contributed by atoms with van der Waals surface area (Å²) in [5.74, 6) is -0.584. The number of amides is 2. The van der Waals surface area contributed by atoms with Gasteiger partial charge in [-0.25, -0.2) is 4.39 Å². The minimum atomic E-state index is -0.653. The molecule has 0 aromatic heterocycles. The summed E-state index contributed by atoms with van der Waals surface area (Å²) in [7, 11) is 0. The van der Waals surface area contributed by atoms with Crippen LogP contribution in [0.2, 0.25) is 0 Å². The lowest BCUT2D eigenvalue weighted by atomic mass is 10.1. The van der Waals surface area contributed by atoms with Gasteiger partial charge in [0.1, 0.15) is 11.9 Å². The fourth-order valence-electron chi connectivity index (χ4n) is 2.83. The van der Waals surface area contributed by atoms with Gasteiger partial charge in [-0.15, -0.1) is 0 Å². The van der Waals surface area contributed by atoms with E-state index in [4.69, 9.17) is 0 Å². The molecule has 28 heavy (non-hydrogen) atoms. The first-order valence-electron chi connectivity index (χ1n) is 9.64. The topological polar surface area (TPSA) is 49.4 Å². The van der Waals surface area contributed by atoms with Crippen LogP contribution >= 0.6 is 0 Å². The number of benzene rings is 2. The standard InChI is InChI=1S/C23H29FN2O2/c1-16(2)14-25-23(28)18(4)26(15-19-11-9-17(3)10-12-19)22(27)13-20-7-5-6-8-21(20)24/h5-12,16,18H,13-15H2,1-4H3,(H,25,28)/t18-/m1/s1. The van der Waals surface area contributed by atoms with Gasteiger partial charge < -0.3 is 10.2 Å². The third kappa shape index (κ3) is 6.19. The zero-order valence-electron chi connectivity index (χ0n) is 17.0. The molecule has 2 aromatic carbocycles. The summed E-state index contributed by atoms with van der Waals surface area (Å²) in [6, 6.07) is 13.4. The average Bonchev–Trinajstić information content (AvgIpc) is 2.66. The Morgan fingerprint density at radius 2 is 1.68 bits per heavy atom. The lowest BCUT2D eigenvalue weighted by molar-refractivity contribution is -0.140. The molecule has 2 rings (SSSR count). The van der Waals surface area contributed by atoms with Gasteiger partial charge in [-0.1, -0.05) is 61.9 Å². The summed E-state index contributed by atoms with van der Waals surface area (Å²) in [5.41, 5.74) is 2.38. The molecule has 0 radical (unpaired) electrons. The second-order valence-corrected chi connectivity index (χ2v) is 7.59. The van der Waals surface area contributed by atoms with Gasteiger partial charge in [-0.2, -0.15) is 0 Å². The molecule has 1 N–H and O–H groups in total. The Hall–Kier alpha value is -2.69. The second kappa shape index (κ2) is 10.0. The number of aryl methyl sites for hydroxylation is 1. The van der Waals surface area contributed by atoms with E-state index in [2.05, 4.69) is 5.32 Å². The molecule has 0 heterocycles. The number of hydrogen-bond donors (Lipinski definition) is 1. The van der Waals surface area contributed by atoms with E-state index >= 15 is 0 Å².